The Morgan fingerprint density at radius 3 is 2.91 bits per heavy atom. The highest BCUT2D eigenvalue weighted by atomic mass is 32.1. The Kier molecular flexibility index (Phi) is 5.08. The Hall–Kier alpha value is -1.43. The van der Waals surface area contributed by atoms with E-state index in [9.17, 15) is 0 Å². The van der Waals surface area contributed by atoms with Crippen molar-refractivity contribution in [1.29, 1.82) is 0 Å². The average molecular weight is 316 g/mol. The van der Waals surface area contributed by atoms with Gasteiger partial charge >= 0.3 is 0 Å². The summed E-state index contributed by atoms with van der Waals surface area (Å²) in [4.78, 5) is 13.3. The number of nitrogens with zero attached hydrogens (tertiary/aromatic N) is 4. The Balaban J connectivity index is 1.75. The summed E-state index contributed by atoms with van der Waals surface area (Å²) >= 11 is 1.84. The lowest BCUT2D eigenvalue weighted by molar-refractivity contribution is 0.270. The van der Waals surface area contributed by atoms with Crippen LogP contribution in [0.5, 0.6) is 0 Å². The van der Waals surface area contributed by atoms with Crippen LogP contribution in [0.25, 0.3) is 0 Å². The number of fused-ring (bicyclic) bond motifs is 1. The number of rotatable bonds is 5. The second-order valence-electron chi connectivity index (χ2n) is 6.07. The van der Waals surface area contributed by atoms with Crippen molar-refractivity contribution in [3.63, 3.8) is 0 Å². The van der Waals surface area contributed by atoms with Gasteiger partial charge in [-0.15, -0.1) is 11.3 Å². The summed E-state index contributed by atoms with van der Waals surface area (Å²) in [5.41, 5.74) is 1.34. The van der Waals surface area contributed by atoms with Crippen molar-refractivity contribution in [2.24, 2.45) is 0 Å². The minimum absolute atomic E-state index is 0.986. The lowest BCUT2D eigenvalue weighted by atomic mass is 10.2. The molecule has 5 heteroatoms. The SMILES string of the molecule is CN(C)CCN1CCN(Cc2cccs2)Cc2cccnc21. The quantitative estimate of drug-likeness (QED) is 0.845. The fourth-order valence-corrected chi connectivity index (χ4v) is 3.57. The third-order valence-corrected chi connectivity index (χ3v) is 4.88. The topological polar surface area (TPSA) is 22.6 Å². The van der Waals surface area contributed by atoms with E-state index >= 15 is 0 Å². The maximum atomic E-state index is 4.65. The summed E-state index contributed by atoms with van der Waals surface area (Å²) in [6.45, 7) is 6.24. The molecule has 0 aromatic carbocycles. The van der Waals surface area contributed by atoms with Gasteiger partial charge < -0.3 is 9.80 Å². The maximum absolute atomic E-state index is 4.65. The second kappa shape index (κ2) is 7.22. The first kappa shape index (κ1) is 15.5. The number of hydrogen-bond donors (Lipinski definition) is 0. The molecule has 0 amide bonds. The molecule has 3 heterocycles. The standard InChI is InChI=1S/C17H24N4S/c1-19(2)8-10-21-11-9-20(14-16-6-4-12-22-16)13-15-5-3-7-18-17(15)21/h3-7,12H,8-11,13-14H2,1-2H3. The van der Waals surface area contributed by atoms with E-state index in [0.29, 0.717) is 0 Å². The van der Waals surface area contributed by atoms with E-state index in [1.807, 2.05) is 17.5 Å². The van der Waals surface area contributed by atoms with Gasteiger partial charge in [0.1, 0.15) is 5.82 Å². The van der Waals surface area contributed by atoms with E-state index in [2.05, 4.69) is 63.4 Å². The summed E-state index contributed by atoms with van der Waals surface area (Å²) in [7, 11) is 4.25. The number of anilines is 1. The molecule has 1 aliphatic heterocycles. The predicted octanol–water partition coefficient (Wildman–Crippen LogP) is 2.53. The highest BCUT2D eigenvalue weighted by molar-refractivity contribution is 7.09. The minimum atomic E-state index is 0.986. The molecule has 0 saturated heterocycles. The van der Waals surface area contributed by atoms with Gasteiger partial charge in [0, 0.05) is 55.9 Å². The summed E-state index contributed by atoms with van der Waals surface area (Å²) in [5.74, 6) is 1.16. The molecule has 2 aromatic heterocycles. The van der Waals surface area contributed by atoms with Crippen LogP contribution < -0.4 is 4.90 Å². The zero-order valence-corrected chi connectivity index (χ0v) is 14.2. The maximum Gasteiger partial charge on any atom is 0.133 e. The van der Waals surface area contributed by atoms with E-state index in [4.69, 9.17) is 0 Å². The number of pyridine rings is 1. The Bertz CT molecular complexity index is 582. The van der Waals surface area contributed by atoms with E-state index < -0.39 is 0 Å². The van der Waals surface area contributed by atoms with Crippen LogP contribution >= 0.6 is 11.3 Å². The van der Waals surface area contributed by atoms with Crippen LogP contribution in [0.3, 0.4) is 0 Å². The van der Waals surface area contributed by atoms with E-state index in [1.54, 1.807) is 0 Å². The van der Waals surface area contributed by atoms with Crippen molar-refractivity contribution in [1.82, 2.24) is 14.8 Å². The number of likely N-dealkylation sites (N-methyl/N-ethyl adjacent to an activating group) is 1. The summed E-state index contributed by atoms with van der Waals surface area (Å²) < 4.78 is 0. The molecule has 1 aliphatic rings. The smallest absolute Gasteiger partial charge is 0.133 e. The fraction of sp³-hybridized carbons (Fsp3) is 0.471. The van der Waals surface area contributed by atoms with Gasteiger partial charge in [-0.2, -0.15) is 0 Å². The van der Waals surface area contributed by atoms with E-state index in [0.717, 1.165) is 45.1 Å². The molecule has 4 nitrogen and oxygen atoms in total. The van der Waals surface area contributed by atoms with Gasteiger partial charge in [0.05, 0.1) is 0 Å². The van der Waals surface area contributed by atoms with Gasteiger partial charge in [0.15, 0.2) is 0 Å². The Morgan fingerprint density at radius 1 is 1.23 bits per heavy atom. The van der Waals surface area contributed by atoms with Gasteiger partial charge in [0.25, 0.3) is 0 Å². The number of aromatic nitrogens is 1. The summed E-state index contributed by atoms with van der Waals surface area (Å²) in [5, 5.41) is 2.16. The molecule has 0 saturated carbocycles. The molecule has 3 rings (SSSR count). The number of hydrogen-bond acceptors (Lipinski definition) is 5. The lowest BCUT2D eigenvalue weighted by Gasteiger charge is -2.25. The molecule has 0 aliphatic carbocycles. The van der Waals surface area contributed by atoms with Gasteiger partial charge in [0.2, 0.25) is 0 Å². The molecule has 0 bridgehead atoms. The average Bonchev–Trinajstić information content (AvgIpc) is 2.94. The molecule has 0 unspecified atom stereocenters. The molecule has 0 N–H and O–H groups in total. The molecule has 0 radical (unpaired) electrons. The molecule has 22 heavy (non-hydrogen) atoms. The van der Waals surface area contributed by atoms with Crippen molar-refractivity contribution in [3.05, 3.63) is 46.3 Å². The summed E-state index contributed by atoms with van der Waals surface area (Å²) in [6.07, 6.45) is 1.91. The Morgan fingerprint density at radius 2 is 2.14 bits per heavy atom. The molecule has 2 aromatic rings. The largest absolute Gasteiger partial charge is 0.354 e. The van der Waals surface area contributed by atoms with Gasteiger partial charge in [-0.3, -0.25) is 4.90 Å². The zero-order valence-electron chi connectivity index (χ0n) is 13.4. The Labute approximate surface area is 137 Å². The van der Waals surface area contributed by atoms with E-state index in [1.165, 1.54) is 10.4 Å². The third kappa shape index (κ3) is 3.85. The zero-order chi connectivity index (χ0) is 15.4. The first-order chi connectivity index (χ1) is 10.7. The van der Waals surface area contributed by atoms with Crippen molar-refractivity contribution in [3.8, 4) is 0 Å². The van der Waals surface area contributed by atoms with Crippen LogP contribution in [0, 0.1) is 0 Å². The van der Waals surface area contributed by atoms with Crippen molar-refractivity contribution in [2.45, 2.75) is 13.1 Å². The van der Waals surface area contributed by atoms with Gasteiger partial charge in [-0.1, -0.05) is 12.1 Å². The molecular formula is C17H24N4S. The normalized spacial score (nSPS) is 15.9. The molecule has 118 valence electrons. The molecule has 0 spiro atoms. The second-order valence-corrected chi connectivity index (χ2v) is 7.10. The molecule has 0 fully saturated rings. The van der Waals surface area contributed by atoms with Crippen LogP contribution in [0.4, 0.5) is 5.82 Å². The van der Waals surface area contributed by atoms with Gasteiger partial charge in [-0.05, 0) is 31.6 Å². The first-order valence-corrected chi connectivity index (χ1v) is 8.68. The van der Waals surface area contributed by atoms with Crippen molar-refractivity contribution < 1.29 is 0 Å². The predicted molar refractivity (Wildman–Crippen MR) is 93.4 cm³/mol. The van der Waals surface area contributed by atoms with E-state index in [-0.39, 0.29) is 0 Å². The van der Waals surface area contributed by atoms with Crippen LogP contribution in [0.2, 0.25) is 0 Å². The molecule has 0 atom stereocenters. The monoisotopic (exact) mass is 316 g/mol. The third-order valence-electron chi connectivity index (χ3n) is 4.02. The lowest BCUT2D eigenvalue weighted by Crippen LogP contribution is -2.36. The van der Waals surface area contributed by atoms with Crippen molar-refractivity contribution >= 4 is 17.2 Å². The minimum Gasteiger partial charge on any atom is -0.354 e. The van der Waals surface area contributed by atoms with Crippen LogP contribution in [-0.4, -0.2) is 55.1 Å². The number of thiophene rings is 1. The summed E-state index contributed by atoms with van der Waals surface area (Å²) in [6, 6.07) is 8.63. The molecular weight excluding hydrogens is 292 g/mol. The van der Waals surface area contributed by atoms with Crippen LogP contribution in [0.15, 0.2) is 35.8 Å². The van der Waals surface area contributed by atoms with Gasteiger partial charge in [-0.25, -0.2) is 4.98 Å². The van der Waals surface area contributed by atoms with Crippen LogP contribution in [0.1, 0.15) is 10.4 Å². The highest BCUT2D eigenvalue weighted by Gasteiger charge is 2.20. The van der Waals surface area contributed by atoms with Crippen LogP contribution in [-0.2, 0) is 13.1 Å². The fourth-order valence-electron chi connectivity index (χ4n) is 2.82. The van der Waals surface area contributed by atoms with Crippen molar-refractivity contribution in [2.75, 3.05) is 45.2 Å². The first-order valence-electron chi connectivity index (χ1n) is 7.80. The highest BCUT2D eigenvalue weighted by Crippen LogP contribution is 2.24.